The third kappa shape index (κ3) is 4.39. The Morgan fingerprint density at radius 3 is 2.77 bits per heavy atom. The van der Waals surface area contributed by atoms with Crippen molar-refractivity contribution in [3.05, 3.63) is 58.6 Å². The first-order valence-electron chi connectivity index (χ1n) is 7.86. The maximum Gasteiger partial charge on any atom is 0.285 e. The summed E-state index contributed by atoms with van der Waals surface area (Å²) in [4.78, 5) is 26.6. The Balaban J connectivity index is 1.73. The highest BCUT2D eigenvalue weighted by Gasteiger charge is 2.18. The lowest BCUT2D eigenvalue weighted by atomic mass is 10.1. The Morgan fingerprint density at radius 1 is 1.19 bits per heavy atom. The topological polar surface area (TPSA) is 58.6 Å². The molecule has 1 heterocycles. The molecular weight excluding hydrogens is 372 g/mol. The number of anilines is 1. The minimum atomic E-state index is -0.253. The average Bonchev–Trinajstić information content (AvgIpc) is 2.61. The number of carbonyl (C=O) groups is 2. The number of amides is 2. The number of halogens is 1. The van der Waals surface area contributed by atoms with E-state index < -0.39 is 0 Å². The highest BCUT2D eigenvalue weighted by atomic mass is 35.5. The molecule has 7 heteroatoms. The van der Waals surface area contributed by atoms with Gasteiger partial charge in [-0.3, -0.25) is 9.59 Å². The molecule has 134 valence electrons. The van der Waals surface area contributed by atoms with E-state index in [1.165, 1.54) is 4.90 Å². The van der Waals surface area contributed by atoms with Crippen LogP contribution in [0.15, 0.2) is 52.9 Å². The van der Waals surface area contributed by atoms with E-state index in [1.54, 1.807) is 56.6 Å². The van der Waals surface area contributed by atoms with Gasteiger partial charge in [0.15, 0.2) is 0 Å². The summed E-state index contributed by atoms with van der Waals surface area (Å²) in [6.45, 7) is 0.189. The van der Waals surface area contributed by atoms with Gasteiger partial charge in [-0.2, -0.15) is 0 Å². The van der Waals surface area contributed by atoms with Gasteiger partial charge in [0.1, 0.15) is 12.4 Å². The van der Waals surface area contributed by atoms with Gasteiger partial charge in [0.2, 0.25) is 0 Å². The maximum absolute atomic E-state index is 12.5. The van der Waals surface area contributed by atoms with Crippen molar-refractivity contribution in [3.63, 3.8) is 0 Å². The SMILES string of the molecule is CN(C)C(=O)Sc1cccc(NC(=O)C2=Cc3cc(Cl)ccc3OC2)c1. The lowest BCUT2D eigenvalue weighted by Gasteiger charge is -2.18. The van der Waals surface area contributed by atoms with Crippen molar-refractivity contribution in [2.75, 3.05) is 26.0 Å². The molecule has 1 aliphatic heterocycles. The second kappa shape index (κ2) is 7.85. The molecule has 0 radical (unpaired) electrons. The van der Waals surface area contributed by atoms with Crippen LogP contribution in [-0.4, -0.2) is 36.7 Å². The standard InChI is InChI=1S/C19H17ClN2O3S/c1-22(2)19(24)26-16-5-3-4-15(10-16)21-18(23)13-8-12-9-14(20)6-7-17(12)25-11-13/h3-10H,11H2,1-2H3,(H,21,23). The van der Waals surface area contributed by atoms with Crippen LogP contribution in [0.5, 0.6) is 5.75 Å². The summed E-state index contributed by atoms with van der Waals surface area (Å²) >= 11 is 7.10. The van der Waals surface area contributed by atoms with Crippen molar-refractivity contribution in [2.45, 2.75) is 4.90 Å². The molecule has 1 aliphatic rings. The van der Waals surface area contributed by atoms with E-state index in [0.29, 0.717) is 22.0 Å². The summed E-state index contributed by atoms with van der Waals surface area (Å²) in [7, 11) is 3.39. The maximum atomic E-state index is 12.5. The lowest BCUT2D eigenvalue weighted by molar-refractivity contribution is -0.113. The number of rotatable bonds is 3. The van der Waals surface area contributed by atoms with Gasteiger partial charge >= 0.3 is 0 Å². The number of thioether (sulfide) groups is 1. The van der Waals surface area contributed by atoms with E-state index in [-0.39, 0.29) is 17.8 Å². The molecule has 1 N–H and O–H groups in total. The fraction of sp³-hybridized carbons (Fsp3) is 0.158. The Bertz CT molecular complexity index is 896. The van der Waals surface area contributed by atoms with Crippen molar-refractivity contribution in [3.8, 4) is 5.75 Å². The van der Waals surface area contributed by atoms with E-state index in [9.17, 15) is 9.59 Å². The summed E-state index contributed by atoms with van der Waals surface area (Å²) in [5.41, 5.74) is 1.89. The first-order valence-corrected chi connectivity index (χ1v) is 9.05. The molecule has 2 amide bonds. The van der Waals surface area contributed by atoms with Crippen LogP contribution in [0.2, 0.25) is 5.02 Å². The number of fused-ring (bicyclic) bond motifs is 1. The van der Waals surface area contributed by atoms with E-state index in [4.69, 9.17) is 16.3 Å². The van der Waals surface area contributed by atoms with Gasteiger partial charge in [0, 0.05) is 35.3 Å². The van der Waals surface area contributed by atoms with E-state index >= 15 is 0 Å². The van der Waals surface area contributed by atoms with Crippen LogP contribution in [0.25, 0.3) is 6.08 Å². The molecule has 3 rings (SSSR count). The molecular formula is C19H17ClN2O3S. The van der Waals surface area contributed by atoms with Crippen LogP contribution in [0, 0.1) is 0 Å². The molecule has 2 aromatic carbocycles. The number of nitrogens with zero attached hydrogens (tertiary/aromatic N) is 1. The predicted octanol–water partition coefficient (Wildman–Crippen LogP) is 4.53. The van der Waals surface area contributed by atoms with Crippen LogP contribution < -0.4 is 10.1 Å². The fourth-order valence-electron chi connectivity index (χ4n) is 2.32. The molecule has 0 saturated carbocycles. The molecule has 5 nitrogen and oxygen atoms in total. The molecule has 0 atom stereocenters. The Kier molecular flexibility index (Phi) is 5.54. The summed E-state index contributed by atoms with van der Waals surface area (Å²) in [6, 6.07) is 12.4. The minimum absolute atomic E-state index is 0.0784. The van der Waals surface area contributed by atoms with Gasteiger partial charge in [-0.15, -0.1) is 0 Å². The highest BCUT2D eigenvalue weighted by molar-refractivity contribution is 8.13. The van der Waals surface area contributed by atoms with Crippen LogP contribution in [0.3, 0.4) is 0 Å². The van der Waals surface area contributed by atoms with Gasteiger partial charge in [-0.25, -0.2) is 0 Å². The van der Waals surface area contributed by atoms with Crippen molar-refractivity contribution >= 4 is 46.3 Å². The highest BCUT2D eigenvalue weighted by Crippen LogP contribution is 2.29. The van der Waals surface area contributed by atoms with Gasteiger partial charge in [-0.1, -0.05) is 17.7 Å². The number of hydrogen-bond acceptors (Lipinski definition) is 4. The minimum Gasteiger partial charge on any atom is -0.488 e. The quantitative estimate of drug-likeness (QED) is 0.785. The predicted molar refractivity (Wildman–Crippen MR) is 105 cm³/mol. The van der Waals surface area contributed by atoms with E-state index in [2.05, 4.69) is 5.32 Å². The van der Waals surface area contributed by atoms with Crippen LogP contribution in [-0.2, 0) is 4.79 Å². The lowest BCUT2D eigenvalue weighted by Crippen LogP contribution is -2.21. The number of nitrogens with one attached hydrogen (secondary N) is 1. The largest absolute Gasteiger partial charge is 0.488 e. The summed E-state index contributed by atoms with van der Waals surface area (Å²) in [6.07, 6.45) is 1.77. The fourth-order valence-corrected chi connectivity index (χ4v) is 3.22. The number of hydrogen-bond donors (Lipinski definition) is 1. The van der Waals surface area contributed by atoms with Gasteiger partial charge in [0.05, 0.1) is 5.57 Å². The van der Waals surface area contributed by atoms with Crippen LogP contribution >= 0.6 is 23.4 Å². The summed E-state index contributed by atoms with van der Waals surface area (Å²) in [5.74, 6) is 0.447. The van der Waals surface area contributed by atoms with Crippen molar-refractivity contribution in [2.24, 2.45) is 0 Å². The normalized spacial score (nSPS) is 12.5. The third-order valence-corrected chi connectivity index (χ3v) is 4.90. The Labute approximate surface area is 161 Å². The monoisotopic (exact) mass is 388 g/mol. The van der Waals surface area contributed by atoms with Crippen LogP contribution in [0.1, 0.15) is 5.56 Å². The molecule has 0 aromatic heterocycles. The summed E-state index contributed by atoms with van der Waals surface area (Å²) < 4.78 is 5.61. The van der Waals surface area contributed by atoms with E-state index in [0.717, 1.165) is 22.2 Å². The molecule has 2 aromatic rings. The number of ether oxygens (including phenoxy) is 1. The van der Waals surface area contributed by atoms with Gasteiger partial charge in [0.25, 0.3) is 11.1 Å². The molecule has 0 saturated heterocycles. The smallest absolute Gasteiger partial charge is 0.285 e. The zero-order chi connectivity index (χ0) is 18.7. The van der Waals surface area contributed by atoms with Crippen molar-refractivity contribution in [1.29, 1.82) is 0 Å². The molecule has 0 spiro atoms. The third-order valence-electron chi connectivity index (χ3n) is 3.64. The summed E-state index contributed by atoms with van der Waals surface area (Å²) in [5, 5.41) is 3.35. The van der Waals surface area contributed by atoms with E-state index in [1.807, 2.05) is 6.07 Å². The van der Waals surface area contributed by atoms with Crippen molar-refractivity contribution in [1.82, 2.24) is 4.90 Å². The Hall–Kier alpha value is -2.44. The Morgan fingerprint density at radius 2 is 2.00 bits per heavy atom. The first kappa shape index (κ1) is 18.4. The van der Waals surface area contributed by atoms with Gasteiger partial charge < -0.3 is 15.0 Å². The number of benzene rings is 2. The molecule has 0 unspecified atom stereocenters. The zero-order valence-electron chi connectivity index (χ0n) is 14.3. The second-order valence-electron chi connectivity index (χ2n) is 5.88. The first-order chi connectivity index (χ1) is 12.4. The van der Waals surface area contributed by atoms with Crippen LogP contribution in [0.4, 0.5) is 10.5 Å². The van der Waals surface area contributed by atoms with Gasteiger partial charge in [-0.05, 0) is 54.2 Å². The molecule has 26 heavy (non-hydrogen) atoms. The average molecular weight is 389 g/mol. The van der Waals surface area contributed by atoms with Crippen molar-refractivity contribution < 1.29 is 14.3 Å². The number of carbonyl (C=O) groups excluding carboxylic acids is 2. The molecule has 0 aliphatic carbocycles. The molecule has 0 bridgehead atoms. The molecule has 0 fully saturated rings. The zero-order valence-corrected chi connectivity index (χ0v) is 15.9. The second-order valence-corrected chi connectivity index (χ2v) is 7.35.